The highest BCUT2D eigenvalue weighted by atomic mass is 32.1. The molecule has 5 nitrogen and oxygen atoms in total. The number of likely N-dealkylation sites (N-methyl/N-ethyl adjacent to an activating group) is 1. The predicted octanol–water partition coefficient (Wildman–Crippen LogP) is 3.86. The molecule has 1 aromatic carbocycles. The minimum Gasteiger partial charge on any atom is -0.376 e. The number of rotatable bonds is 9. The van der Waals surface area contributed by atoms with Crippen LogP contribution in [0.2, 0.25) is 0 Å². The van der Waals surface area contributed by atoms with Crippen molar-refractivity contribution in [2.24, 2.45) is 10.9 Å². The van der Waals surface area contributed by atoms with E-state index in [1.807, 2.05) is 6.07 Å². The SMILES string of the molecule is CCNC(=NCC(c1cccs1)N(C)C)N1CCC(COCc2ccccc2)C1. The van der Waals surface area contributed by atoms with Gasteiger partial charge in [0.05, 0.1) is 25.8 Å². The van der Waals surface area contributed by atoms with Crippen LogP contribution >= 0.6 is 11.3 Å². The van der Waals surface area contributed by atoms with E-state index in [1.165, 1.54) is 10.4 Å². The lowest BCUT2D eigenvalue weighted by atomic mass is 10.1. The van der Waals surface area contributed by atoms with E-state index >= 15 is 0 Å². The van der Waals surface area contributed by atoms with Crippen LogP contribution in [0.25, 0.3) is 0 Å². The number of likely N-dealkylation sites (tertiary alicyclic amines) is 1. The number of ether oxygens (including phenoxy) is 1. The number of nitrogens with one attached hydrogen (secondary N) is 1. The van der Waals surface area contributed by atoms with Crippen molar-refractivity contribution in [2.45, 2.75) is 26.0 Å². The van der Waals surface area contributed by atoms with Crippen LogP contribution in [-0.4, -0.2) is 62.6 Å². The third-order valence-corrected chi connectivity index (χ3v) is 6.27. The van der Waals surface area contributed by atoms with Gasteiger partial charge in [-0.3, -0.25) is 4.99 Å². The molecular weight excluding hydrogens is 380 g/mol. The van der Waals surface area contributed by atoms with Gasteiger partial charge in [-0.1, -0.05) is 36.4 Å². The van der Waals surface area contributed by atoms with Gasteiger partial charge in [0, 0.05) is 30.4 Å². The molecule has 0 aliphatic carbocycles. The normalized spacial score (nSPS) is 18.4. The number of hydrogen-bond donors (Lipinski definition) is 1. The first-order valence-corrected chi connectivity index (χ1v) is 11.4. The molecule has 29 heavy (non-hydrogen) atoms. The summed E-state index contributed by atoms with van der Waals surface area (Å²) in [7, 11) is 4.26. The van der Waals surface area contributed by atoms with Gasteiger partial charge in [0.15, 0.2) is 5.96 Å². The maximum atomic E-state index is 5.98. The third-order valence-electron chi connectivity index (χ3n) is 5.29. The van der Waals surface area contributed by atoms with Gasteiger partial charge in [0.1, 0.15) is 0 Å². The zero-order valence-electron chi connectivity index (χ0n) is 17.9. The van der Waals surface area contributed by atoms with Crippen LogP contribution in [0.1, 0.15) is 29.8 Å². The van der Waals surface area contributed by atoms with E-state index in [-0.39, 0.29) is 0 Å². The molecule has 0 bridgehead atoms. The summed E-state index contributed by atoms with van der Waals surface area (Å²) in [6, 6.07) is 15.0. The van der Waals surface area contributed by atoms with E-state index < -0.39 is 0 Å². The van der Waals surface area contributed by atoms with Crippen LogP contribution in [0, 0.1) is 5.92 Å². The van der Waals surface area contributed by atoms with Crippen LogP contribution in [0.5, 0.6) is 0 Å². The van der Waals surface area contributed by atoms with E-state index in [4.69, 9.17) is 9.73 Å². The quantitative estimate of drug-likeness (QED) is 0.500. The fourth-order valence-electron chi connectivity index (χ4n) is 3.67. The van der Waals surface area contributed by atoms with E-state index in [2.05, 4.69) is 77.9 Å². The molecule has 0 spiro atoms. The molecule has 0 radical (unpaired) electrons. The van der Waals surface area contributed by atoms with E-state index in [0.717, 1.165) is 45.2 Å². The zero-order chi connectivity index (χ0) is 20.5. The molecule has 1 fully saturated rings. The van der Waals surface area contributed by atoms with Crippen molar-refractivity contribution >= 4 is 17.3 Å². The van der Waals surface area contributed by atoms with Crippen molar-refractivity contribution in [1.82, 2.24) is 15.1 Å². The van der Waals surface area contributed by atoms with Crippen LogP contribution in [0.4, 0.5) is 0 Å². The predicted molar refractivity (Wildman–Crippen MR) is 123 cm³/mol. The smallest absolute Gasteiger partial charge is 0.193 e. The fourth-order valence-corrected chi connectivity index (χ4v) is 4.58. The topological polar surface area (TPSA) is 40.1 Å². The first-order valence-electron chi connectivity index (χ1n) is 10.5. The average molecular weight is 415 g/mol. The molecule has 1 aliphatic rings. The van der Waals surface area contributed by atoms with Gasteiger partial charge >= 0.3 is 0 Å². The Hall–Kier alpha value is -1.89. The number of benzene rings is 1. The van der Waals surface area contributed by atoms with Gasteiger partial charge < -0.3 is 19.9 Å². The molecule has 1 aromatic heterocycles. The summed E-state index contributed by atoms with van der Waals surface area (Å²) in [5.74, 6) is 1.59. The summed E-state index contributed by atoms with van der Waals surface area (Å²) >= 11 is 1.80. The monoisotopic (exact) mass is 414 g/mol. The van der Waals surface area contributed by atoms with Crippen molar-refractivity contribution in [3.8, 4) is 0 Å². The second-order valence-electron chi connectivity index (χ2n) is 7.79. The van der Waals surface area contributed by atoms with Gasteiger partial charge in [-0.25, -0.2) is 0 Å². The Morgan fingerprint density at radius 3 is 2.79 bits per heavy atom. The number of hydrogen-bond acceptors (Lipinski definition) is 4. The average Bonchev–Trinajstić information content (AvgIpc) is 3.40. The summed E-state index contributed by atoms with van der Waals surface area (Å²) < 4.78 is 5.98. The van der Waals surface area contributed by atoms with Crippen LogP contribution in [0.3, 0.4) is 0 Å². The molecule has 2 aromatic rings. The Labute approximate surface area is 179 Å². The molecule has 0 saturated carbocycles. The van der Waals surface area contributed by atoms with Gasteiger partial charge in [0.25, 0.3) is 0 Å². The van der Waals surface area contributed by atoms with Crippen LogP contribution in [-0.2, 0) is 11.3 Å². The molecule has 0 amide bonds. The molecule has 6 heteroatoms. The lowest BCUT2D eigenvalue weighted by molar-refractivity contribution is 0.0906. The van der Waals surface area contributed by atoms with Crippen molar-refractivity contribution in [3.63, 3.8) is 0 Å². The summed E-state index contributed by atoms with van der Waals surface area (Å²) in [6.45, 7) is 7.33. The molecule has 3 rings (SSSR count). The summed E-state index contributed by atoms with van der Waals surface area (Å²) in [6.07, 6.45) is 1.15. The largest absolute Gasteiger partial charge is 0.376 e. The first-order chi connectivity index (χ1) is 14.2. The lowest BCUT2D eigenvalue weighted by Gasteiger charge is -2.25. The Bertz CT molecular complexity index is 733. The standard InChI is InChI=1S/C23H34N4OS/c1-4-24-23(25-15-21(26(2)3)22-11-8-14-29-22)27-13-12-20(16-27)18-28-17-19-9-6-5-7-10-19/h5-11,14,20-21H,4,12-13,15-18H2,1-3H3,(H,24,25). The maximum Gasteiger partial charge on any atom is 0.193 e. The molecule has 2 heterocycles. The molecule has 158 valence electrons. The number of guanidine groups is 1. The second-order valence-corrected chi connectivity index (χ2v) is 8.77. The zero-order valence-corrected chi connectivity index (χ0v) is 18.7. The van der Waals surface area contributed by atoms with Gasteiger partial charge in [0.2, 0.25) is 0 Å². The van der Waals surface area contributed by atoms with Crippen molar-refractivity contribution in [1.29, 1.82) is 0 Å². The fraction of sp³-hybridized carbons (Fsp3) is 0.522. The molecule has 1 aliphatic heterocycles. The Balaban J connectivity index is 1.53. The highest BCUT2D eigenvalue weighted by Crippen LogP contribution is 2.24. The minimum absolute atomic E-state index is 0.316. The Morgan fingerprint density at radius 2 is 2.10 bits per heavy atom. The molecule has 2 atom stereocenters. The summed E-state index contributed by atoms with van der Waals surface area (Å²) in [5.41, 5.74) is 1.24. The molecule has 1 saturated heterocycles. The van der Waals surface area contributed by atoms with Crippen LogP contribution in [0.15, 0.2) is 52.8 Å². The summed E-state index contributed by atoms with van der Waals surface area (Å²) in [4.78, 5) is 11.0. The third kappa shape index (κ3) is 6.56. The van der Waals surface area contributed by atoms with Gasteiger partial charge in [-0.2, -0.15) is 0 Å². The molecule has 2 unspecified atom stereocenters. The van der Waals surface area contributed by atoms with E-state index in [0.29, 0.717) is 18.6 Å². The van der Waals surface area contributed by atoms with Crippen molar-refractivity contribution in [3.05, 3.63) is 58.3 Å². The Morgan fingerprint density at radius 1 is 1.28 bits per heavy atom. The van der Waals surface area contributed by atoms with E-state index in [1.54, 1.807) is 11.3 Å². The number of nitrogens with zero attached hydrogens (tertiary/aromatic N) is 3. The highest BCUT2D eigenvalue weighted by molar-refractivity contribution is 7.10. The van der Waals surface area contributed by atoms with Crippen molar-refractivity contribution in [2.75, 3.05) is 46.9 Å². The molecular formula is C23H34N4OS. The Kier molecular flexibility index (Phi) is 8.52. The highest BCUT2D eigenvalue weighted by Gasteiger charge is 2.25. The first kappa shape index (κ1) is 21.8. The van der Waals surface area contributed by atoms with Crippen LogP contribution < -0.4 is 5.32 Å². The minimum atomic E-state index is 0.316. The number of thiophene rings is 1. The number of aliphatic imine (C=N–C) groups is 1. The second kappa shape index (κ2) is 11.3. The maximum absolute atomic E-state index is 5.98. The molecule has 1 N–H and O–H groups in total. The van der Waals surface area contributed by atoms with Crippen molar-refractivity contribution < 1.29 is 4.74 Å². The van der Waals surface area contributed by atoms with Gasteiger partial charge in [-0.15, -0.1) is 11.3 Å². The van der Waals surface area contributed by atoms with Gasteiger partial charge in [-0.05, 0) is 44.4 Å². The van der Waals surface area contributed by atoms with E-state index in [9.17, 15) is 0 Å². The summed E-state index contributed by atoms with van der Waals surface area (Å²) in [5, 5.41) is 5.63. The lowest BCUT2D eigenvalue weighted by Crippen LogP contribution is -2.41.